The Kier molecular flexibility index (Phi) is 38.5. The van der Waals surface area contributed by atoms with Gasteiger partial charge in [-0.1, -0.05) is 0 Å². The van der Waals surface area contributed by atoms with Crippen molar-refractivity contribution < 1.29 is 124 Å². The van der Waals surface area contributed by atoms with E-state index in [9.17, 15) is 72.2 Å². The second kappa shape index (κ2) is 41.3. The van der Waals surface area contributed by atoms with Crippen molar-refractivity contribution in [2.24, 2.45) is 28.7 Å². The second-order valence-corrected chi connectivity index (χ2v) is 16.9. The number of fused-ring (bicyclic) bond motifs is 1. The highest BCUT2D eigenvalue weighted by molar-refractivity contribution is 5.97. The molecule has 2 heterocycles. The molecule has 7 atom stereocenters. The molecule has 28 N–H and O–H groups in total. The van der Waals surface area contributed by atoms with Gasteiger partial charge in [0, 0.05) is 69.9 Å². The van der Waals surface area contributed by atoms with Gasteiger partial charge in [0.15, 0.2) is 5.82 Å². The Balaban J connectivity index is -0.00000105. The monoisotopic (exact) mass is 1190 g/mol. The first kappa shape index (κ1) is 77.4. The number of hydrogen-bond acceptors (Lipinski definition) is 24. The van der Waals surface area contributed by atoms with Gasteiger partial charge >= 0.3 is 71.6 Å². The van der Waals surface area contributed by atoms with E-state index < -0.39 is 114 Å². The zero-order valence-electron chi connectivity index (χ0n) is 44.2. The zero-order valence-corrected chi connectivity index (χ0v) is 44.2. The lowest BCUT2D eigenvalue weighted by Gasteiger charge is -2.35. The summed E-state index contributed by atoms with van der Waals surface area (Å²) < 4.78 is 0. The number of aliphatic carboxylic acids is 12. The maximum absolute atomic E-state index is 12.3. The number of aromatic amines is 1. The highest BCUT2D eigenvalue weighted by Gasteiger charge is 2.28. The van der Waals surface area contributed by atoms with E-state index in [1.165, 1.54) is 12.1 Å². The number of nitrogens with two attached hydrogens (primary N) is 6. The first-order chi connectivity index (χ1) is 38.3. The topological polar surface area (TPSA) is 706 Å². The quantitative estimate of drug-likeness (QED) is 0.0370. The van der Waals surface area contributed by atoms with Gasteiger partial charge in [-0.05, 0) is 62.8 Å². The Labute approximate surface area is 468 Å². The normalized spacial score (nSPS) is 13.8. The summed E-state index contributed by atoms with van der Waals surface area (Å²) in [5.41, 5.74) is 31.6. The van der Waals surface area contributed by atoms with E-state index in [0.717, 1.165) is 5.69 Å². The lowest BCUT2D eigenvalue weighted by Crippen LogP contribution is -2.48. The molecule has 1 aliphatic heterocycles. The van der Waals surface area contributed by atoms with Gasteiger partial charge in [0.05, 0.1) is 6.04 Å². The maximum atomic E-state index is 12.3. The third-order valence-corrected chi connectivity index (χ3v) is 10.2. The average Bonchev–Trinajstić information content (AvgIpc) is 3.38. The molecule has 1 amide bonds. The molecule has 1 unspecified atom stereocenters. The number of carbonyl (C=O) groups is 13. The van der Waals surface area contributed by atoms with Gasteiger partial charge in [-0.25, -0.2) is 4.79 Å². The van der Waals surface area contributed by atoms with E-state index in [4.69, 9.17) is 90.6 Å². The minimum Gasteiger partial charge on any atom is -0.481 e. The van der Waals surface area contributed by atoms with Crippen molar-refractivity contribution in [2.45, 2.75) is 119 Å². The van der Waals surface area contributed by atoms with E-state index in [0.29, 0.717) is 24.6 Å². The van der Waals surface area contributed by atoms with Crippen molar-refractivity contribution in [1.29, 1.82) is 0 Å². The second-order valence-electron chi connectivity index (χ2n) is 16.9. The number of nitrogen functional groups attached to an aromatic ring is 1. The number of H-pyrrole nitrogens is 1. The van der Waals surface area contributed by atoms with Crippen LogP contribution in [0.25, 0.3) is 0 Å². The SMILES string of the molecule is CN1c2c(nc(N)[nH]c2=O)NCC1CNc1ccc(C(=O)N[C@@H](CCC(=O)O)C(=O)O)cc1.N[C@@H](CCC(=O)O)C(=O)O.N[C@@H](CCC(=O)O)C(=O)O.N[C@@H](CCC(=O)O)C(=O)O.N[C@@H](CCC(=O)O)C(=O)O.N[C@@H](CCC(=O)O)C(=O)O. The highest BCUT2D eigenvalue weighted by atomic mass is 16.4. The van der Waals surface area contributed by atoms with Gasteiger partial charge in [-0.15, -0.1) is 0 Å². The predicted octanol–water partition coefficient (Wildman–Crippen LogP) is -3.94. The predicted molar refractivity (Wildman–Crippen MR) is 283 cm³/mol. The molecule has 0 bridgehead atoms. The molecule has 0 spiro atoms. The van der Waals surface area contributed by atoms with Crippen molar-refractivity contribution in [3.8, 4) is 0 Å². The third kappa shape index (κ3) is 38.5. The smallest absolute Gasteiger partial charge is 0.326 e. The van der Waals surface area contributed by atoms with Crippen LogP contribution in [-0.4, -0.2) is 211 Å². The summed E-state index contributed by atoms with van der Waals surface area (Å²) in [7, 11) is 1.79. The fourth-order valence-electron chi connectivity index (χ4n) is 5.43. The van der Waals surface area contributed by atoms with Gasteiger partial charge in [-0.2, -0.15) is 4.98 Å². The number of anilines is 4. The molecule has 1 aromatic heterocycles. The fraction of sp³-hybridized carbons (Fsp3) is 0.489. The van der Waals surface area contributed by atoms with Crippen LogP contribution in [0.4, 0.5) is 23.1 Å². The molecular weight excluding hydrogens is 1120 g/mol. The Bertz CT molecular complexity index is 2370. The van der Waals surface area contributed by atoms with Gasteiger partial charge in [-0.3, -0.25) is 67.3 Å². The number of amides is 1. The van der Waals surface area contributed by atoms with E-state index in [-0.39, 0.29) is 100 Å². The summed E-state index contributed by atoms with van der Waals surface area (Å²) in [4.78, 5) is 154. The highest BCUT2D eigenvalue weighted by Crippen LogP contribution is 2.25. The van der Waals surface area contributed by atoms with Crippen molar-refractivity contribution in [3.63, 3.8) is 0 Å². The van der Waals surface area contributed by atoms with Crippen LogP contribution in [0.3, 0.4) is 0 Å². The number of hydrogen-bond donors (Lipinski definition) is 22. The van der Waals surface area contributed by atoms with E-state index in [1.54, 1.807) is 19.2 Å². The molecule has 0 radical (unpaired) electrons. The minimum atomic E-state index is -1.30. The number of carboxylic acids is 12. The molecule has 0 saturated carbocycles. The molecule has 1 aromatic carbocycles. The van der Waals surface area contributed by atoms with Gasteiger partial charge < -0.3 is 117 Å². The van der Waals surface area contributed by atoms with Crippen LogP contribution in [0.2, 0.25) is 0 Å². The first-order valence-corrected chi connectivity index (χ1v) is 23.8. The van der Waals surface area contributed by atoms with Crippen LogP contribution in [0.1, 0.15) is 87.4 Å². The number of carbonyl (C=O) groups excluding carboxylic acids is 1. The van der Waals surface area contributed by atoms with E-state index in [2.05, 4.69) is 25.9 Å². The molecule has 466 valence electrons. The number of nitrogens with one attached hydrogen (secondary N) is 4. The summed E-state index contributed by atoms with van der Waals surface area (Å²) in [5, 5.41) is 108. The molecule has 1 aliphatic rings. The number of rotatable bonds is 29. The molecule has 83 heavy (non-hydrogen) atoms. The largest absolute Gasteiger partial charge is 0.481 e. The Hall–Kier alpha value is -9.79. The van der Waals surface area contributed by atoms with Crippen LogP contribution in [0, 0.1) is 0 Å². The van der Waals surface area contributed by atoms with Gasteiger partial charge in [0.25, 0.3) is 11.5 Å². The van der Waals surface area contributed by atoms with Crippen LogP contribution in [0.15, 0.2) is 29.1 Å². The average molecular weight is 1200 g/mol. The minimum absolute atomic E-state index is 0.0231. The van der Waals surface area contributed by atoms with Crippen LogP contribution >= 0.6 is 0 Å². The molecule has 2 aromatic rings. The molecule has 0 fully saturated rings. The van der Waals surface area contributed by atoms with Gasteiger partial charge in [0.1, 0.15) is 41.9 Å². The molecule has 38 heteroatoms. The number of likely N-dealkylation sites (N-methyl/N-ethyl adjacent to an activating group) is 1. The van der Waals surface area contributed by atoms with Crippen molar-refractivity contribution in [2.75, 3.05) is 41.4 Å². The zero-order chi connectivity index (χ0) is 64.9. The molecule has 3 rings (SSSR count). The van der Waals surface area contributed by atoms with Crippen molar-refractivity contribution in [1.82, 2.24) is 15.3 Å². The number of benzene rings is 1. The number of nitrogens with zero attached hydrogens (tertiary/aromatic N) is 2. The van der Waals surface area contributed by atoms with E-state index >= 15 is 0 Å². The van der Waals surface area contributed by atoms with Crippen LogP contribution in [0.5, 0.6) is 0 Å². The van der Waals surface area contributed by atoms with Crippen LogP contribution < -0.4 is 60.8 Å². The lowest BCUT2D eigenvalue weighted by atomic mass is 10.1. The first-order valence-electron chi connectivity index (χ1n) is 23.8. The Morgan fingerprint density at radius 3 is 1.13 bits per heavy atom. The summed E-state index contributed by atoms with van der Waals surface area (Å²) in [6.45, 7) is 1.01. The Morgan fingerprint density at radius 1 is 0.530 bits per heavy atom. The summed E-state index contributed by atoms with van der Waals surface area (Å²) >= 11 is 0. The van der Waals surface area contributed by atoms with E-state index in [1.807, 2.05) is 4.90 Å². The van der Waals surface area contributed by atoms with Crippen molar-refractivity contribution in [3.05, 3.63) is 40.2 Å². The molecular formula is C45H70N12O26. The summed E-state index contributed by atoms with van der Waals surface area (Å²) in [5.74, 6) is -13.6. The number of carboxylic acid groups (broad SMARTS) is 12. The maximum Gasteiger partial charge on any atom is 0.326 e. The summed E-state index contributed by atoms with van der Waals surface area (Å²) in [6, 6.07) is -0.265. The number of aromatic nitrogens is 2. The fourth-order valence-corrected chi connectivity index (χ4v) is 5.43. The third-order valence-electron chi connectivity index (χ3n) is 10.2. The summed E-state index contributed by atoms with van der Waals surface area (Å²) in [6.07, 6.45) is -1.71. The van der Waals surface area contributed by atoms with Crippen molar-refractivity contribution >= 4 is 101 Å². The lowest BCUT2D eigenvalue weighted by molar-refractivity contribution is -0.142. The molecule has 0 saturated heterocycles. The molecule has 38 nitrogen and oxygen atoms in total. The van der Waals surface area contributed by atoms with Crippen LogP contribution in [-0.2, 0) is 57.5 Å². The standard InChI is InChI=1S/C20H25N7O6.5C5H9NO4/c1-27-12(9-23-16-15(27)18(31)26-20(21)25-16)8-22-11-4-2-10(3-5-11)17(30)24-13(19(32)33)6-7-14(28)29;5*6-3(5(9)10)1-2-4(7)8/h2-5,12-13,22H,6-9H2,1H3,(H,24,30)(H,28,29)(H,32,33)(H4,21,23,25,26,31);5*3H,1-2,6H2,(H,7,8)(H,9,10)/t12?,13-;5*3-/m000000/s1. The van der Waals surface area contributed by atoms with Gasteiger partial charge in [0.2, 0.25) is 5.95 Å². The Morgan fingerprint density at radius 2 is 0.843 bits per heavy atom. The molecule has 0 aliphatic carbocycles.